The second-order valence-electron chi connectivity index (χ2n) is 9.40. The lowest BCUT2D eigenvalue weighted by Crippen LogP contribution is -2.75. The number of ketones is 4. The Morgan fingerprint density at radius 3 is 2.27 bits per heavy atom. The number of primary amides is 1. The van der Waals surface area contributed by atoms with Crippen LogP contribution in [0.4, 0.5) is 0 Å². The number of fused-ring (bicyclic) bond motifs is 3. The number of likely N-dealkylation sites (N-methyl/N-ethyl adjacent to an activating group) is 1. The molecule has 1 aromatic carbocycles. The van der Waals surface area contributed by atoms with Crippen LogP contribution in [0.3, 0.4) is 0 Å². The maximum atomic E-state index is 13.7. The Morgan fingerprint density at radius 1 is 1.12 bits per heavy atom. The molecule has 33 heavy (non-hydrogen) atoms. The van der Waals surface area contributed by atoms with Crippen LogP contribution in [0, 0.1) is 23.7 Å². The molecule has 7 atom stereocenters. The average molecular weight is 479 g/mol. The maximum absolute atomic E-state index is 13.7. The van der Waals surface area contributed by atoms with Gasteiger partial charge in [0.1, 0.15) is 5.75 Å². The van der Waals surface area contributed by atoms with Gasteiger partial charge < -0.3 is 21.1 Å². The molecule has 176 valence electrons. The first-order valence-corrected chi connectivity index (χ1v) is 10.7. The molecule has 0 saturated heterocycles. The van der Waals surface area contributed by atoms with Gasteiger partial charge >= 0.3 is 0 Å². The molecule has 0 heterocycles. The van der Waals surface area contributed by atoms with E-state index in [-0.39, 0.29) is 22.6 Å². The van der Waals surface area contributed by atoms with Gasteiger partial charge in [-0.25, -0.2) is 0 Å². The molecule has 1 aromatic rings. The van der Waals surface area contributed by atoms with Crippen molar-refractivity contribution in [2.24, 2.45) is 29.4 Å². The van der Waals surface area contributed by atoms with Crippen molar-refractivity contribution in [2.45, 2.75) is 30.6 Å². The largest absolute Gasteiger partial charge is 0.507 e. The molecule has 0 spiro atoms. The zero-order valence-corrected chi connectivity index (χ0v) is 18.8. The number of halogens is 1. The molecular weight excluding hydrogens is 456 g/mol. The van der Waals surface area contributed by atoms with Crippen molar-refractivity contribution in [1.29, 1.82) is 0 Å². The maximum Gasteiger partial charge on any atom is 0.235 e. The summed E-state index contributed by atoms with van der Waals surface area (Å²) in [7, 11) is 2.95. The number of amides is 1. The Labute approximate surface area is 193 Å². The Bertz CT molecular complexity index is 1150. The second kappa shape index (κ2) is 7.17. The molecule has 10 nitrogen and oxygen atoms in total. The lowest BCUT2D eigenvalue weighted by molar-refractivity contribution is -0.188. The molecule has 0 aromatic heterocycles. The van der Waals surface area contributed by atoms with Crippen molar-refractivity contribution in [3.05, 3.63) is 28.3 Å². The normalized spacial score (nSPS) is 38.1. The standard InChI is InChI=1S/C22H23ClN2O8/c1-21(32)7-6-8-15(25(2)3)17(28)13(20(24)31)19(30)22(8,33)18(29)11(7)16(27)12-10(26)5-4-9(23)14(12)21/h4-5,7-8,11,13,15,26,32-33H,6H2,1-3H3,(H2,24,31)/t7?,8?,11?,13?,15-,21?,22?/m0/s1. The SMILES string of the molecule is CN(C)[C@@H]1C(=O)C(C(N)=O)C(=O)C2(O)C(=O)C3C(=O)c4c(O)ccc(Cl)c4C(C)(O)C3CC12. The molecule has 2 fully saturated rings. The minimum atomic E-state index is -2.86. The fourth-order valence-electron chi connectivity index (χ4n) is 5.95. The highest BCUT2D eigenvalue weighted by Crippen LogP contribution is 2.56. The number of Topliss-reactive ketones (excluding diaryl/α,β-unsaturated/α-hetero) is 4. The number of carbonyl (C=O) groups excluding carboxylic acids is 5. The van der Waals surface area contributed by atoms with E-state index in [0.29, 0.717) is 0 Å². The molecule has 0 radical (unpaired) electrons. The third-order valence-electron chi connectivity index (χ3n) is 7.43. The van der Waals surface area contributed by atoms with Crippen LogP contribution in [-0.4, -0.2) is 75.0 Å². The molecule has 5 N–H and O–H groups in total. The third-order valence-corrected chi connectivity index (χ3v) is 7.75. The Kier molecular flexibility index (Phi) is 5.10. The number of nitrogens with two attached hydrogens (primary N) is 1. The molecule has 6 unspecified atom stereocenters. The molecule has 4 rings (SSSR count). The summed E-state index contributed by atoms with van der Waals surface area (Å²) in [4.78, 5) is 66.6. The number of phenolic OH excluding ortho intramolecular Hbond substituents is 1. The van der Waals surface area contributed by atoms with E-state index in [1.165, 1.54) is 32.0 Å². The van der Waals surface area contributed by atoms with Crippen molar-refractivity contribution in [3.63, 3.8) is 0 Å². The van der Waals surface area contributed by atoms with Gasteiger partial charge in [-0.05, 0) is 39.6 Å². The number of hydrogen-bond donors (Lipinski definition) is 4. The monoisotopic (exact) mass is 478 g/mol. The van der Waals surface area contributed by atoms with Crippen LogP contribution in [0.2, 0.25) is 5.02 Å². The quantitative estimate of drug-likeness (QED) is 0.396. The van der Waals surface area contributed by atoms with Gasteiger partial charge in [0.25, 0.3) is 0 Å². The van der Waals surface area contributed by atoms with Crippen LogP contribution >= 0.6 is 11.6 Å². The minimum absolute atomic E-state index is 0.0124. The zero-order chi connectivity index (χ0) is 24.8. The van der Waals surface area contributed by atoms with Crippen molar-refractivity contribution in [2.75, 3.05) is 14.1 Å². The van der Waals surface area contributed by atoms with E-state index in [0.717, 1.165) is 6.07 Å². The highest BCUT2D eigenvalue weighted by molar-refractivity contribution is 6.34. The van der Waals surface area contributed by atoms with Gasteiger partial charge in [-0.1, -0.05) is 11.6 Å². The van der Waals surface area contributed by atoms with E-state index in [2.05, 4.69) is 0 Å². The summed E-state index contributed by atoms with van der Waals surface area (Å²) in [6.07, 6.45) is -0.289. The molecule has 2 saturated carbocycles. The third kappa shape index (κ3) is 2.81. The van der Waals surface area contributed by atoms with E-state index >= 15 is 0 Å². The van der Waals surface area contributed by atoms with Gasteiger partial charge in [0.05, 0.1) is 23.1 Å². The first kappa shape index (κ1) is 23.5. The highest BCUT2D eigenvalue weighted by Gasteiger charge is 2.71. The van der Waals surface area contributed by atoms with Crippen LogP contribution < -0.4 is 5.73 Å². The fraction of sp³-hybridized carbons (Fsp3) is 0.500. The predicted molar refractivity (Wildman–Crippen MR) is 112 cm³/mol. The molecule has 0 bridgehead atoms. The number of benzene rings is 1. The van der Waals surface area contributed by atoms with E-state index in [1.54, 1.807) is 0 Å². The number of aliphatic hydroxyl groups is 2. The zero-order valence-electron chi connectivity index (χ0n) is 18.0. The van der Waals surface area contributed by atoms with Gasteiger partial charge in [0.2, 0.25) is 5.91 Å². The van der Waals surface area contributed by atoms with Crippen molar-refractivity contribution < 1.29 is 39.3 Å². The molecule has 1 amide bonds. The summed E-state index contributed by atoms with van der Waals surface area (Å²) in [6, 6.07) is 1.17. The van der Waals surface area contributed by atoms with Gasteiger partial charge in [-0.15, -0.1) is 0 Å². The van der Waals surface area contributed by atoms with Crippen LogP contribution in [0.1, 0.15) is 29.3 Å². The topological polar surface area (TPSA) is 175 Å². The minimum Gasteiger partial charge on any atom is -0.507 e. The van der Waals surface area contributed by atoms with Crippen LogP contribution in [0.5, 0.6) is 5.75 Å². The number of rotatable bonds is 2. The summed E-state index contributed by atoms with van der Waals surface area (Å²) >= 11 is 6.25. The number of aromatic hydroxyl groups is 1. The second-order valence-corrected chi connectivity index (χ2v) is 9.80. The predicted octanol–water partition coefficient (Wildman–Crippen LogP) is -0.815. The van der Waals surface area contributed by atoms with Gasteiger partial charge in [0.15, 0.2) is 34.7 Å². The van der Waals surface area contributed by atoms with Crippen LogP contribution in [-0.2, 0) is 24.8 Å². The van der Waals surface area contributed by atoms with E-state index in [1.807, 2.05) is 0 Å². The molecule has 0 aliphatic heterocycles. The Balaban J connectivity index is 1.97. The van der Waals surface area contributed by atoms with E-state index in [4.69, 9.17) is 17.3 Å². The smallest absolute Gasteiger partial charge is 0.235 e. The molecule has 3 aliphatic rings. The van der Waals surface area contributed by atoms with Gasteiger partial charge in [-0.3, -0.25) is 28.9 Å². The summed E-state index contributed by atoms with van der Waals surface area (Å²) in [5, 5.41) is 33.3. The summed E-state index contributed by atoms with van der Waals surface area (Å²) < 4.78 is 0. The van der Waals surface area contributed by atoms with E-state index < -0.39 is 75.7 Å². The Morgan fingerprint density at radius 2 is 1.73 bits per heavy atom. The average Bonchev–Trinajstić information content (AvgIpc) is 2.69. The lowest BCUT2D eigenvalue weighted by atomic mass is 9.49. The fourth-order valence-corrected chi connectivity index (χ4v) is 6.30. The number of carbonyl (C=O) groups is 5. The van der Waals surface area contributed by atoms with Gasteiger partial charge in [0, 0.05) is 22.4 Å². The summed E-state index contributed by atoms with van der Waals surface area (Å²) in [5.41, 5.74) is 0.0293. The molecule has 11 heteroatoms. The highest BCUT2D eigenvalue weighted by atomic mass is 35.5. The van der Waals surface area contributed by atoms with Crippen molar-refractivity contribution in [3.8, 4) is 5.75 Å². The summed E-state index contributed by atoms with van der Waals surface area (Å²) in [5.74, 6) is -12.5. The van der Waals surface area contributed by atoms with Crippen molar-refractivity contribution in [1.82, 2.24) is 4.90 Å². The number of nitrogens with zero attached hydrogens (tertiary/aromatic N) is 1. The first-order valence-electron chi connectivity index (χ1n) is 10.3. The van der Waals surface area contributed by atoms with Crippen LogP contribution in [0.15, 0.2) is 12.1 Å². The van der Waals surface area contributed by atoms with E-state index in [9.17, 15) is 39.3 Å². The van der Waals surface area contributed by atoms with Crippen molar-refractivity contribution >= 4 is 40.6 Å². The number of phenols is 1. The molecule has 3 aliphatic carbocycles. The molecular formula is C22H23ClN2O8. The first-order chi connectivity index (χ1) is 15.2. The van der Waals surface area contributed by atoms with Crippen LogP contribution in [0.25, 0.3) is 0 Å². The summed E-state index contributed by atoms with van der Waals surface area (Å²) in [6.45, 7) is 1.32. The number of hydrogen-bond acceptors (Lipinski definition) is 9. The Hall–Kier alpha value is -2.66. The van der Waals surface area contributed by atoms with Gasteiger partial charge in [-0.2, -0.15) is 0 Å². The lowest BCUT2D eigenvalue weighted by Gasteiger charge is -2.55.